The number of nitrogens with two attached hydrogens (primary N) is 1. The molecule has 2 unspecified atom stereocenters. The number of carbonyl (C=O) groups is 1. The van der Waals surface area contributed by atoms with Gasteiger partial charge in [-0.15, -0.1) is 11.3 Å². The van der Waals surface area contributed by atoms with Gasteiger partial charge in [0.2, 0.25) is 5.91 Å². The molecule has 1 amide bonds. The summed E-state index contributed by atoms with van der Waals surface area (Å²) in [4.78, 5) is 15.0. The summed E-state index contributed by atoms with van der Waals surface area (Å²) in [5.41, 5.74) is 6.07. The van der Waals surface area contributed by atoms with Gasteiger partial charge in [-0.05, 0) is 36.0 Å². The summed E-state index contributed by atoms with van der Waals surface area (Å²) < 4.78 is 5.95. The zero-order valence-corrected chi connectivity index (χ0v) is 14.5. The van der Waals surface area contributed by atoms with Crippen molar-refractivity contribution < 1.29 is 9.53 Å². The molecule has 7 heteroatoms. The van der Waals surface area contributed by atoms with Gasteiger partial charge in [0.1, 0.15) is 0 Å². The number of likely N-dealkylation sites (N-methyl/N-ethyl adjacent to an activating group) is 1. The van der Waals surface area contributed by atoms with Crippen LogP contribution in [0, 0.1) is 0 Å². The maximum absolute atomic E-state index is 11.8. The summed E-state index contributed by atoms with van der Waals surface area (Å²) in [7, 11) is 3.52. The van der Waals surface area contributed by atoms with Crippen molar-refractivity contribution in [1.29, 1.82) is 0 Å². The number of nitrogens with one attached hydrogen (secondary N) is 1. The molecule has 3 N–H and O–H groups in total. The minimum atomic E-state index is -0.0580. The van der Waals surface area contributed by atoms with Gasteiger partial charge in [0.25, 0.3) is 0 Å². The van der Waals surface area contributed by atoms with E-state index >= 15 is 0 Å². The Hall–Kier alpha value is -0.470. The number of hydrogen-bond donors (Lipinski definition) is 2. The van der Waals surface area contributed by atoms with Crippen LogP contribution in [-0.4, -0.2) is 50.7 Å². The van der Waals surface area contributed by atoms with Gasteiger partial charge >= 0.3 is 0 Å². The van der Waals surface area contributed by atoms with E-state index in [4.69, 9.17) is 10.5 Å². The molecular formula is C13H22BrN3O2S. The smallest absolute Gasteiger partial charge is 0.234 e. The summed E-state index contributed by atoms with van der Waals surface area (Å²) in [6.07, 6.45) is 0. The Morgan fingerprint density at radius 2 is 2.35 bits per heavy atom. The first-order valence-electron chi connectivity index (χ1n) is 6.41. The topological polar surface area (TPSA) is 67.6 Å². The van der Waals surface area contributed by atoms with Crippen LogP contribution in [0.2, 0.25) is 0 Å². The number of thiophene rings is 1. The number of methoxy groups -OCH3 is 1. The lowest BCUT2D eigenvalue weighted by Crippen LogP contribution is -2.43. The minimum Gasteiger partial charge on any atom is -0.383 e. The van der Waals surface area contributed by atoms with E-state index in [2.05, 4.69) is 27.3 Å². The van der Waals surface area contributed by atoms with Crippen LogP contribution >= 0.6 is 27.3 Å². The molecule has 0 aliphatic carbocycles. The van der Waals surface area contributed by atoms with Crippen LogP contribution in [0.5, 0.6) is 0 Å². The van der Waals surface area contributed by atoms with Crippen LogP contribution in [0.25, 0.3) is 0 Å². The Labute approximate surface area is 132 Å². The van der Waals surface area contributed by atoms with Crippen molar-refractivity contribution in [1.82, 2.24) is 10.2 Å². The van der Waals surface area contributed by atoms with Gasteiger partial charge in [-0.25, -0.2) is 0 Å². The second kappa shape index (κ2) is 8.74. The first kappa shape index (κ1) is 17.6. The highest BCUT2D eigenvalue weighted by atomic mass is 79.9. The second-order valence-electron chi connectivity index (χ2n) is 4.73. The molecule has 1 rings (SSSR count). The van der Waals surface area contributed by atoms with E-state index in [1.165, 1.54) is 0 Å². The van der Waals surface area contributed by atoms with Gasteiger partial charge < -0.3 is 15.8 Å². The van der Waals surface area contributed by atoms with Crippen LogP contribution in [0.1, 0.15) is 17.8 Å². The van der Waals surface area contributed by atoms with Crippen molar-refractivity contribution in [2.24, 2.45) is 5.73 Å². The SMILES string of the molecule is COCCNC(=O)CN(C)C(c1cc(Br)cs1)C(C)N. The molecule has 1 aromatic heterocycles. The summed E-state index contributed by atoms with van der Waals surface area (Å²) in [5.74, 6) is -0.0224. The molecular weight excluding hydrogens is 342 g/mol. The molecule has 0 aromatic carbocycles. The van der Waals surface area contributed by atoms with E-state index in [0.29, 0.717) is 19.7 Å². The molecule has 0 spiro atoms. The van der Waals surface area contributed by atoms with Crippen LogP contribution in [0.4, 0.5) is 0 Å². The third-order valence-electron chi connectivity index (χ3n) is 2.87. The number of ether oxygens (including phenoxy) is 1. The summed E-state index contributed by atoms with van der Waals surface area (Å²) in [6.45, 7) is 3.31. The summed E-state index contributed by atoms with van der Waals surface area (Å²) in [5, 5.41) is 4.84. The third kappa shape index (κ3) is 5.49. The quantitative estimate of drug-likeness (QED) is 0.688. The normalized spacial score (nSPS) is 14.3. The van der Waals surface area contributed by atoms with E-state index in [-0.39, 0.29) is 18.0 Å². The Morgan fingerprint density at radius 1 is 1.65 bits per heavy atom. The molecule has 2 atom stereocenters. The molecule has 0 aliphatic rings. The van der Waals surface area contributed by atoms with E-state index in [1.54, 1.807) is 18.4 Å². The maximum atomic E-state index is 11.8. The zero-order chi connectivity index (χ0) is 15.1. The van der Waals surface area contributed by atoms with Gasteiger partial charge in [-0.1, -0.05) is 0 Å². The number of amides is 1. The number of nitrogens with zero attached hydrogens (tertiary/aromatic N) is 1. The average Bonchev–Trinajstić information content (AvgIpc) is 2.75. The van der Waals surface area contributed by atoms with Crippen molar-refractivity contribution in [2.45, 2.75) is 19.0 Å². The molecule has 0 aliphatic heterocycles. The van der Waals surface area contributed by atoms with Crippen LogP contribution < -0.4 is 11.1 Å². The first-order chi connectivity index (χ1) is 9.45. The third-order valence-corrected chi connectivity index (χ3v) is 4.64. The van der Waals surface area contributed by atoms with Gasteiger partial charge in [-0.2, -0.15) is 0 Å². The molecule has 0 radical (unpaired) electrons. The molecule has 0 fully saturated rings. The fourth-order valence-electron chi connectivity index (χ4n) is 2.03. The lowest BCUT2D eigenvalue weighted by Gasteiger charge is -2.29. The zero-order valence-electron chi connectivity index (χ0n) is 12.1. The van der Waals surface area contributed by atoms with Crippen molar-refractivity contribution in [3.05, 3.63) is 20.8 Å². The van der Waals surface area contributed by atoms with Crippen molar-refractivity contribution >= 4 is 33.2 Å². The van der Waals surface area contributed by atoms with Crippen LogP contribution in [0.15, 0.2) is 15.9 Å². The molecule has 1 heterocycles. The highest BCUT2D eigenvalue weighted by Gasteiger charge is 2.24. The van der Waals surface area contributed by atoms with Crippen LogP contribution in [-0.2, 0) is 9.53 Å². The molecule has 114 valence electrons. The summed E-state index contributed by atoms with van der Waals surface area (Å²) in [6, 6.07) is 2.02. The first-order valence-corrected chi connectivity index (χ1v) is 8.08. The molecule has 0 saturated heterocycles. The second-order valence-corrected chi connectivity index (χ2v) is 6.59. The van der Waals surface area contributed by atoms with Crippen molar-refractivity contribution in [3.8, 4) is 0 Å². The maximum Gasteiger partial charge on any atom is 0.234 e. The van der Waals surface area contributed by atoms with Crippen LogP contribution in [0.3, 0.4) is 0 Å². The predicted molar refractivity (Wildman–Crippen MR) is 85.9 cm³/mol. The fraction of sp³-hybridized carbons (Fsp3) is 0.615. The number of hydrogen-bond acceptors (Lipinski definition) is 5. The highest BCUT2D eigenvalue weighted by Crippen LogP contribution is 2.30. The monoisotopic (exact) mass is 363 g/mol. The fourth-order valence-corrected chi connectivity index (χ4v) is 3.76. The molecule has 0 saturated carbocycles. The summed E-state index contributed by atoms with van der Waals surface area (Å²) >= 11 is 5.09. The predicted octanol–water partition coefficient (Wildman–Crippen LogP) is 1.59. The molecule has 0 bridgehead atoms. The van der Waals surface area contributed by atoms with Crippen molar-refractivity contribution in [2.75, 3.05) is 33.9 Å². The Morgan fingerprint density at radius 3 is 2.85 bits per heavy atom. The number of carbonyl (C=O) groups excluding carboxylic acids is 1. The molecule has 20 heavy (non-hydrogen) atoms. The van der Waals surface area contributed by atoms with Gasteiger partial charge in [0, 0.05) is 34.4 Å². The van der Waals surface area contributed by atoms with E-state index in [9.17, 15) is 4.79 Å². The Bertz CT molecular complexity index is 426. The average molecular weight is 364 g/mol. The molecule has 5 nitrogen and oxygen atoms in total. The highest BCUT2D eigenvalue weighted by molar-refractivity contribution is 9.10. The van der Waals surface area contributed by atoms with E-state index in [0.717, 1.165) is 9.35 Å². The standard InChI is InChI=1S/C13H22BrN3O2S/c1-9(15)13(11-6-10(14)8-20-11)17(2)7-12(18)16-4-5-19-3/h6,8-9,13H,4-5,7,15H2,1-3H3,(H,16,18). The molecule has 1 aromatic rings. The Balaban J connectivity index is 2.61. The van der Waals surface area contributed by atoms with Crippen molar-refractivity contribution in [3.63, 3.8) is 0 Å². The number of rotatable bonds is 8. The minimum absolute atomic E-state index is 0.0224. The Kier molecular flexibility index (Phi) is 7.68. The van der Waals surface area contributed by atoms with Gasteiger partial charge in [0.15, 0.2) is 0 Å². The number of halogens is 1. The lowest BCUT2D eigenvalue weighted by molar-refractivity contribution is -0.122. The van der Waals surface area contributed by atoms with Gasteiger partial charge in [0.05, 0.1) is 19.2 Å². The largest absolute Gasteiger partial charge is 0.383 e. The van der Waals surface area contributed by atoms with E-state index < -0.39 is 0 Å². The van der Waals surface area contributed by atoms with Gasteiger partial charge in [-0.3, -0.25) is 9.69 Å². The lowest BCUT2D eigenvalue weighted by atomic mass is 10.1. The van der Waals surface area contributed by atoms with E-state index in [1.807, 2.05) is 24.3 Å².